The molecule has 1 aromatic carbocycles. The number of carbonyl (C=O) groups is 1. The minimum atomic E-state index is 0.100. The van der Waals surface area contributed by atoms with Gasteiger partial charge in [0.25, 0.3) is 0 Å². The molecule has 0 spiro atoms. The fourth-order valence-corrected chi connectivity index (χ4v) is 2.86. The van der Waals surface area contributed by atoms with Crippen molar-refractivity contribution in [2.24, 2.45) is 0 Å². The zero-order valence-electron chi connectivity index (χ0n) is 10.2. The molecular weight excluding hydrogens is 268 g/mol. The monoisotopic (exact) mass is 280 g/mol. The number of benzene rings is 1. The van der Waals surface area contributed by atoms with E-state index < -0.39 is 0 Å². The highest BCUT2D eigenvalue weighted by molar-refractivity contribution is 7.12. The number of hydrogen-bond acceptors (Lipinski definition) is 3. The Balaban J connectivity index is 2.27. The van der Waals surface area contributed by atoms with Gasteiger partial charge in [0.1, 0.15) is 5.75 Å². The van der Waals surface area contributed by atoms with Crippen molar-refractivity contribution in [1.29, 1.82) is 0 Å². The van der Waals surface area contributed by atoms with Crippen molar-refractivity contribution in [3.8, 4) is 5.75 Å². The molecule has 0 saturated heterocycles. The molecule has 0 fully saturated rings. The van der Waals surface area contributed by atoms with Crippen LogP contribution in [0.3, 0.4) is 0 Å². The van der Waals surface area contributed by atoms with Crippen LogP contribution in [0.15, 0.2) is 29.6 Å². The molecule has 1 heterocycles. The van der Waals surface area contributed by atoms with Crippen LogP contribution in [0.2, 0.25) is 5.02 Å². The van der Waals surface area contributed by atoms with E-state index >= 15 is 0 Å². The first-order valence-corrected chi connectivity index (χ1v) is 6.77. The molecule has 2 rings (SSSR count). The summed E-state index contributed by atoms with van der Waals surface area (Å²) in [5, 5.41) is 2.54. The summed E-state index contributed by atoms with van der Waals surface area (Å²) in [5.74, 6) is 0.796. The molecule has 0 amide bonds. The zero-order valence-corrected chi connectivity index (χ0v) is 11.8. The fraction of sp³-hybridized carbons (Fsp3) is 0.214. The number of Topliss-reactive ketones (excluding diaryl/α,β-unsaturated/α-hetero) is 1. The van der Waals surface area contributed by atoms with E-state index in [0.717, 1.165) is 16.0 Å². The molecule has 4 heteroatoms. The first kappa shape index (κ1) is 13.1. The molecule has 94 valence electrons. The highest BCUT2D eigenvalue weighted by Crippen LogP contribution is 2.25. The highest BCUT2D eigenvalue weighted by Gasteiger charge is 2.14. The van der Waals surface area contributed by atoms with Gasteiger partial charge in [-0.05, 0) is 42.1 Å². The van der Waals surface area contributed by atoms with Gasteiger partial charge in [-0.15, -0.1) is 11.3 Å². The molecule has 0 bridgehead atoms. The maximum absolute atomic E-state index is 12.2. The van der Waals surface area contributed by atoms with Gasteiger partial charge in [0.05, 0.1) is 12.0 Å². The van der Waals surface area contributed by atoms with Crippen molar-refractivity contribution >= 4 is 28.7 Å². The largest absolute Gasteiger partial charge is 0.496 e. The van der Waals surface area contributed by atoms with Crippen LogP contribution in [0, 0.1) is 6.92 Å². The molecule has 0 aliphatic rings. The average Bonchev–Trinajstić information content (AvgIpc) is 2.76. The third-order valence-corrected chi connectivity index (χ3v) is 4.00. The minimum Gasteiger partial charge on any atom is -0.496 e. The maximum Gasteiger partial charge on any atom is 0.177 e. The molecule has 0 radical (unpaired) electrons. The molecule has 2 nitrogen and oxygen atoms in total. The van der Waals surface area contributed by atoms with Gasteiger partial charge in [0.15, 0.2) is 5.78 Å². The first-order valence-electron chi connectivity index (χ1n) is 5.51. The fourth-order valence-electron chi connectivity index (χ4n) is 1.80. The maximum atomic E-state index is 12.2. The van der Waals surface area contributed by atoms with Crippen molar-refractivity contribution in [3.05, 3.63) is 50.7 Å². The van der Waals surface area contributed by atoms with E-state index in [1.54, 1.807) is 25.3 Å². The van der Waals surface area contributed by atoms with Crippen LogP contribution >= 0.6 is 22.9 Å². The summed E-state index contributed by atoms with van der Waals surface area (Å²) in [6, 6.07) is 7.27. The van der Waals surface area contributed by atoms with E-state index in [-0.39, 0.29) is 5.78 Å². The minimum absolute atomic E-state index is 0.100. The van der Waals surface area contributed by atoms with Gasteiger partial charge < -0.3 is 4.74 Å². The number of halogens is 1. The van der Waals surface area contributed by atoms with Crippen LogP contribution in [0.1, 0.15) is 20.8 Å². The van der Waals surface area contributed by atoms with Gasteiger partial charge in [-0.2, -0.15) is 0 Å². The summed E-state index contributed by atoms with van der Waals surface area (Å²) >= 11 is 7.42. The highest BCUT2D eigenvalue weighted by atomic mass is 35.5. The Morgan fingerprint density at radius 1 is 1.39 bits per heavy atom. The van der Waals surface area contributed by atoms with Gasteiger partial charge >= 0.3 is 0 Å². The van der Waals surface area contributed by atoms with Crippen LogP contribution in [-0.2, 0) is 6.42 Å². The summed E-state index contributed by atoms with van der Waals surface area (Å²) in [4.78, 5) is 13.0. The topological polar surface area (TPSA) is 26.3 Å². The molecule has 18 heavy (non-hydrogen) atoms. The van der Waals surface area contributed by atoms with Crippen LogP contribution in [0.4, 0.5) is 0 Å². The van der Waals surface area contributed by atoms with Crippen molar-refractivity contribution in [2.75, 3.05) is 7.11 Å². The zero-order chi connectivity index (χ0) is 13.1. The summed E-state index contributed by atoms with van der Waals surface area (Å²) in [5.41, 5.74) is 1.84. The van der Waals surface area contributed by atoms with Gasteiger partial charge in [0, 0.05) is 17.0 Å². The number of hydrogen-bond donors (Lipinski definition) is 0. The van der Waals surface area contributed by atoms with Crippen LogP contribution in [0.25, 0.3) is 0 Å². The van der Waals surface area contributed by atoms with E-state index in [4.69, 9.17) is 16.3 Å². The molecule has 0 saturated carbocycles. The summed E-state index contributed by atoms with van der Waals surface area (Å²) in [6.45, 7) is 1.94. The Kier molecular flexibility index (Phi) is 4.04. The Morgan fingerprint density at radius 3 is 2.78 bits per heavy atom. The molecule has 0 unspecified atom stereocenters. The van der Waals surface area contributed by atoms with E-state index in [1.807, 2.05) is 18.4 Å². The molecule has 0 aliphatic carbocycles. The molecular formula is C14H13ClO2S. The van der Waals surface area contributed by atoms with E-state index in [9.17, 15) is 4.79 Å². The lowest BCUT2D eigenvalue weighted by Crippen LogP contribution is -2.04. The third kappa shape index (κ3) is 2.74. The van der Waals surface area contributed by atoms with E-state index in [1.165, 1.54) is 11.3 Å². The number of methoxy groups -OCH3 is 1. The summed E-state index contributed by atoms with van der Waals surface area (Å²) in [7, 11) is 1.59. The molecule has 0 atom stereocenters. The Morgan fingerprint density at radius 2 is 2.17 bits per heavy atom. The predicted octanol–water partition coefficient (Wildman–Crippen LogP) is 4.14. The molecule has 0 N–H and O–H groups in total. The second kappa shape index (κ2) is 5.55. The molecule has 0 aliphatic heterocycles. The Bertz CT molecular complexity index is 575. The van der Waals surface area contributed by atoms with Crippen molar-refractivity contribution in [2.45, 2.75) is 13.3 Å². The smallest absolute Gasteiger partial charge is 0.177 e. The van der Waals surface area contributed by atoms with E-state index in [2.05, 4.69) is 0 Å². The van der Waals surface area contributed by atoms with Gasteiger partial charge in [-0.1, -0.05) is 11.6 Å². The number of thiophene rings is 1. The second-order valence-corrected chi connectivity index (χ2v) is 5.34. The van der Waals surface area contributed by atoms with Crippen LogP contribution in [0.5, 0.6) is 5.75 Å². The number of ether oxygens (including phenoxy) is 1. The quantitative estimate of drug-likeness (QED) is 0.787. The Hall–Kier alpha value is -1.32. The lowest BCUT2D eigenvalue weighted by Gasteiger charge is -2.08. The van der Waals surface area contributed by atoms with Crippen LogP contribution in [-0.4, -0.2) is 12.9 Å². The Labute approximate surface area is 115 Å². The number of ketones is 1. The van der Waals surface area contributed by atoms with E-state index in [0.29, 0.717) is 17.2 Å². The van der Waals surface area contributed by atoms with Crippen molar-refractivity contribution < 1.29 is 9.53 Å². The first-order chi connectivity index (χ1) is 8.61. The standard InChI is InChI=1S/C14H13ClO2S/c1-9-5-6-18-14(9)12(16)8-10-7-11(15)3-4-13(10)17-2/h3-7H,8H2,1-2H3. The van der Waals surface area contributed by atoms with Gasteiger partial charge in [0.2, 0.25) is 0 Å². The summed E-state index contributed by atoms with van der Waals surface area (Å²) < 4.78 is 5.24. The third-order valence-electron chi connectivity index (χ3n) is 2.71. The molecule has 1 aromatic heterocycles. The average molecular weight is 281 g/mol. The lowest BCUT2D eigenvalue weighted by atomic mass is 10.1. The lowest BCUT2D eigenvalue weighted by molar-refractivity contribution is 0.0995. The van der Waals surface area contributed by atoms with Gasteiger partial charge in [-0.3, -0.25) is 4.79 Å². The summed E-state index contributed by atoms with van der Waals surface area (Å²) in [6.07, 6.45) is 0.311. The number of carbonyl (C=O) groups excluding carboxylic acids is 1. The van der Waals surface area contributed by atoms with Crippen molar-refractivity contribution in [3.63, 3.8) is 0 Å². The second-order valence-electron chi connectivity index (χ2n) is 3.99. The van der Waals surface area contributed by atoms with Crippen LogP contribution < -0.4 is 4.74 Å². The predicted molar refractivity (Wildman–Crippen MR) is 75.1 cm³/mol. The SMILES string of the molecule is COc1ccc(Cl)cc1CC(=O)c1sccc1C. The normalized spacial score (nSPS) is 10.4. The number of rotatable bonds is 4. The number of aryl methyl sites for hydroxylation is 1. The van der Waals surface area contributed by atoms with Crippen molar-refractivity contribution in [1.82, 2.24) is 0 Å². The van der Waals surface area contributed by atoms with Gasteiger partial charge in [-0.25, -0.2) is 0 Å². The molecule has 2 aromatic rings.